The van der Waals surface area contributed by atoms with Crippen LogP contribution in [0.4, 0.5) is 17.1 Å². The van der Waals surface area contributed by atoms with Gasteiger partial charge in [0.05, 0.1) is 4.92 Å². The third kappa shape index (κ3) is 3.57. The van der Waals surface area contributed by atoms with Gasteiger partial charge >= 0.3 is 0 Å². The van der Waals surface area contributed by atoms with Crippen LogP contribution in [0.15, 0.2) is 40.9 Å². The van der Waals surface area contributed by atoms with Gasteiger partial charge in [-0.3, -0.25) is 14.9 Å². The molecule has 6 nitrogen and oxygen atoms in total. The van der Waals surface area contributed by atoms with Gasteiger partial charge in [-0.25, -0.2) is 0 Å². The summed E-state index contributed by atoms with van der Waals surface area (Å²) in [5.74, 6) is -0.337. The van der Waals surface area contributed by atoms with E-state index in [1.807, 2.05) is 0 Å². The molecule has 0 aliphatic carbocycles. The average Bonchev–Trinajstić information content (AvgIpc) is 2.37. The molecule has 0 spiro atoms. The number of aryl methyl sites for hydroxylation is 1. The molecule has 2 aromatic carbocycles. The van der Waals surface area contributed by atoms with E-state index in [1.54, 1.807) is 31.2 Å². The first-order valence-corrected chi connectivity index (χ1v) is 6.78. The van der Waals surface area contributed by atoms with Crippen molar-refractivity contribution in [2.24, 2.45) is 0 Å². The molecule has 1 amide bonds. The van der Waals surface area contributed by atoms with Gasteiger partial charge in [-0.2, -0.15) is 0 Å². The average molecular weight is 350 g/mol. The number of carbonyl (C=O) groups excluding carboxylic acids is 1. The molecule has 0 unspecified atom stereocenters. The summed E-state index contributed by atoms with van der Waals surface area (Å²) >= 11 is 3.27. The maximum absolute atomic E-state index is 12.1. The van der Waals surface area contributed by atoms with Crippen molar-refractivity contribution in [3.05, 3.63) is 62.1 Å². The number of nitro benzene ring substituents is 1. The molecule has 2 aromatic rings. The Labute approximate surface area is 129 Å². The number of nitrogen functional groups attached to an aromatic ring is 1. The van der Waals surface area contributed by atoms with E-state index in [1.165, 1.54) is 12.1 Å². The smallest absolute Gasteiger partial charge is 0.272 e. The van der Waals surface area contributed by atoms with Crippen molar-refractivity contribution in [3.63, 3.8) is 0 Å². The van der Waals surface area contributed by atoms with Gasteiger partial charge in [-0.05, 0) is 37.3 Å². The van der Waals surface area contributed by atoms with Crippen LogP contribution < -0.4 is 11.1 Å². The summed E-state index contributed by atoms with van der Waals surface area (Å²) in [4.78, 5) is 22.4. The fraction of sp³-hybridized carbons (Fsp3) is 0.0714. The number of hydrogen-bond acceptors (Lipinski definition) is 4. The first-order valence-electron chi connectivity index (χ1n) is 5.99. The first kappa shape index (κ1) is 15.0. The highest BCUT2D eigenvalue weighted by molar-refractivity contribution is 9.10. The summed E-state index contributed by atoms with van der Waals surface area (Å²) in [7, 11) is 0. The minimum Gasteiger partial charge on any atom is -0.399 e. The zero-order chi connectivity index (χ0) is 15.6. The number of rotatable bonds is 3. The highest BCUT2D eigenvalue weighted by Crippen LogP contribution is 2.23. The summed E-state index contributed by atoms with van der Waals surface area (Å²) in [6, 6.07) is 9.29. The number of amides is 1. The van der Waals surface area contributed by atoms with Crippen LogP contribution in [-0.2, 0) is 0 Å². The highest BCUT2D eigenvalue weighted by atomic mass is 79.9. The Kier molecular flexibility index (Phi) is 4.23. The predicted molar refractivity (Wildman–Crippen MR) is 84.3 cm³/mol. The fourth-order valence-corrected chi connectivity index (χ4v) is 2.40. The lowest BCUT2D eigenvalue weighted by atomic mass is 10.1. The van der Waals surface area contributed by atoms with Crippen LogP contribution in [0.25, 0.3) is 0 Å². The van der Waals surface area contributed by atoms with Crippen LogP contribution in [0.5, 0.6) is 0 Å². The maximum atomic E-state index is 12.1. The third-order valence-corrected chi connectivity index (χ3v) is 3.29. The van der Waals surface area contributed by atoms with E-state index in [9.17, 15) is 14.9 Å². The van der Waals surface area contributed by atoms with E-state index in [0.717, 1.165) is 0 Å². The van der Waals surface area contributed by atoms with Gasteiger partial charge < -0.3 is 11.1 Å². The van der Waals surface area contributed by atoms with Crippen molar-refractivity contribution in [2.45, 2.75) is 6.92 Å². The number of benzene rings is 2. The SMILES string of the molecule is Cc1cc(NC(=O)c2cc(N)cc(Br)c2)ccc1[N+](=O)[O-]. The predicted octanol–water partition coefficient (Wildman–Crippen LogP) is 3.50. The van der Waals surface area contributed by atoms with Crippen LogP contribution in [0.2, 0.25) is 0 Å². The van der Waals surface area contributed by atoms with Gasteiger partial charge in [0.2, 0.25) is 0 Å². The van der Waals surface area contributed by atoms with Crippen molar-refractivity contribution in [3.8, 4) is 0 Å². The monoisotopic (exact) mass is 349 g/mol. The number of nitrogens with two attached hydrogens (primary N) is 1. The van der Waals surface area contributed by atoms with Crippen molar-refractivity contribution < 1.29 is 9.72 Å². The Morgan fingerprint density at radius 2 is 2.00 bits per heavy atom. The van der Waals surface area contributed by atoms with Gasteiger partial charge in [0, 0.05) is 33.0 Å². The lowest BCUT2D eigenvalue weighted by Gasteiger charge is -2.07. The molecule has 0 saturated carbocycles. The second-order valence-corrected chi connectivity index (χ2v) is 5.40. The standard InChI is InChI=1S/C14H12BrN3O3/c1-8-4-12(2-3-13(8)18(20)21)17-14(19)9-5-10(15)7-11(16)6-9/h2-7H,16H2,1H3,(H,17,19). The number of hydrogen-bond donors (Lipinski definition) is 2. The van der Waals surface area contributed by atoms with Crippen LogP contribution in [0, 0.1) is 17.0 Å². The Hall–Kier alpha value is -2.41. The molecular formula is C14H12BrN3O3. The molecule has 2 rings (SSSR count). The molecular weight excluding hydrogens is 338 g/mol. The molecule has 7 heteroatoms. The fourth-order valence-electron chi connectivity index (χ4n) is 1.88. The van der Waals surface area contributed by atoms with Gasteiger partial charge in [-0.15, -0.1) is 0 Å². The lowest BCUT2D eigenvalue weighted by Crippen LogP contribution is -2.12. The maximum Gasteiger partial charge on any atom is 0.272 e. The molecule has 0 aromatic heterocycles. The van der Waals surface area contributed by atoms with Crippen molar-refractivity contribution in [1.82, 2.24) is 0 Å². The molecule has 0 saturated heterocycles. The normalized spacial score (nSPS) is 10.2. The minimum absolute atomic E-state index is 0.0136. The quantitative estimate of drug-likeness (QED) is 0.503. The Balaban J connectivity index is 2.23. The molecule has 0 radical (unpaired) electrons. The largest absolute Gasteiger partial charge is 0.399 e. The zero-order valence-electron chi connectivity index (χ0n) is 11.1. The van der Waals surface area contributed by atoms with Gasteiger partial charge in [0.15, 0.2) is 0 Å². The van der Waals surface area contributed by atoms with Crippen molar-refractivity contribution >= 4 is 38.9 Å². The Morgan fingerprint density at radius 3 is 2.57 bits per heavy atom. The van der Waals surface area contributed by atoms with Crippen LogP contribution in [0.3, 0.4) is 0 Å². The molecule has 0 bridgehead atoms. The molecule has 21 heavy (non-hydrogen) atoms. The van der Waals surface area contributed by atoms with E-state index in [-0.39, 0.29) is 11.6 Å². The van der Waals surface area contributed by atoms with Crippen LogP contribution >= 0.6 is 15.9 Å². The number of nitro groups is 1. The van der Waals surface area contributed by atoms with E-state index in [2.05, 4.69) is 21.2 Å². The van der Waals surface area contributed by atoms with E-state index >= 15 is 0 Å². The Morgan fingerprint density at radius 1 is 1.29 bits per heavy atom. The zero-order valence-corrected chi connectivity index (χ0v) is 12.7. The van der Waals surface area contributed by atoms with Gasteiger partial charge in [0.1, 0.15) is 0 Å². The lowest BCUT2D eigenvalue weighted by molar-refractivity contribution is -0.385. The van der Waals surface area contributed by atoms with Crippen LogP contribution in [0.1, 0.15) is 15.9 Å². The van der Waals surface area contributed by atoms with E-state index in [0.29, 0.717) is 27.0 Å². The second-order valence-electron chi connectivity index (χ2n) is 4.49. The number of carbonyl (C=O) groups is 1. The van der Waals surface area contributed by atoms with Crippen molar-refractivity contribution in [2.75, 3.05) is 11.1 Å². The molecule has 0 fully saturated rings. The molecule has 0 aliphatic heterocycles. The van der Waals surface area contributed by atoms with Crippen LogP contribution in [-0.4, -0.2) is 10.8 Å². The van der Waals surface area contributed by atoms with Gasteiger partial charge in [0.25, 0.3) is 11.6 Å². The minimum atomic E-state index is -0.462. The number of anilines is 2. The molecule has 0 heterocycles. The third-order valence-electron chi connectivity index (χ3n) is 2.83. The van der Waals surface area contributed by atoms with Crippen molar-refractivity contribution in [1.29, 1.82) is 0 Å². The second kappa shape index (κ2) is 5.92. The molecule has 0 atom stereocenters. The number of nitrogens with one attached hydrogen (secondary N) is 1. The summed E-state index contributed by atoms with van der Waals surface area (Å²) < 4.78 is 0.701. The summed E-state index contributed by atoms with van der Waals surface area (Å²) in [5, 5.41) is 13.4. The summed E-state index contributed by atoms with van der Waals surface area (Å²) in [6.07, 6.45) is 0. The molecule has 3 N–H and O–H groups in total. The van der Waals surface area contributed by atoms with E-state index < -0.39 is 4.92 Å². The topological polar surface area (TPSA) is 98.3 Å². The molecule has 108 valence electrons. The summed E-state index contributed by atoms with van der Waals surface area (Å²) in [6.45, 7) is 1.62. The van der Waals surface area contributed by atoms with Gasteiger partial charge in [-0.1, -0.05) is 15.9 Å². The summed E-state index contributed by atoms with van der Waals surface area (Å²) in [5.41, 5.74) is 7.53. The Bertz CT molecular complexity index is 711. The van der Waals surface area contributed by atoms with E-state index in [4.69, 9.17) is 5.73 Å². The number of halogens is 1. The highest BCUT2D eigenvalue weighted by Gasteiger charge is 2.12. The molecule has 0 aliphatic rings. The number of nitrogens with zero attached hydrogens (tertiary/aromatic N) is 1. The first-order chi connectivity index (χ1) is 9.86.